The number of rotatable bonds is 4. The van der Waals surface area contributed by atoms with Gasteiger partial charge in [-0.2, -0.15) is 0 Å². The van der Waals surface area contributed by atoms with Crippen molar-refractivity contribution in [3.05, 3.63) is 53.9 Å². The molecular formula is C12H11F2N3O. The third-order valence-corrected chi connectivity index (χ3v) is 2.34. The molecule has 2 aromatic rings. The SMILES string of the molecule is C=C(OC)c1cn(Cc2cc(F)cc(F)c2)nn1. The molecule has 0 fully saturated rings. The Bertz CT molecular complexity index is 560. The molecule has 1 heterocycles. The molecule has 0 aliphatic carbocycles. The monoisotopic (exact) mass is 251 g/mol. The van der Waals surface area contributed by atoms with E-state index in [4.69, 9.17) is 4.74 Å². The van der Waals surface area contributed by atoms with Gasteiger partial charge in [0.15, 0.2) is 0 Å². The summed E-state index contributed by atoms with van der Waals surface area (Å²) >= 11 is 0. The van der Waals surface area contributed by atoms with Gasteiger partial charge in [-0.3, -0.25) is 0 Å². The number of halogens is 2. The Morgan fingerprint density at radius 1 is 1.33 bits per heavy atom. The van der Waals surface area contributed by atoms with Crippen LogP contribution in [0.15, 0.2) is 31.0 Å². The highest BCUT2D eigenvalue weighted by Crippen LogP contribution is 2.11. The molecule has 0 spiro atoms. The van der Waals surface area contributed by atoms with Crippen LogP contribution in [0.25, 0.3) is 5.76 Å². The number of benzene rings is 1. The summed E-state index contributed by atoms with van der Waals surface area (Å²) in [6, 6.07) is 3.31. The van der Waals surface area contributed by atoms with Crippen molar-refractivity contribution in [1.29, 1.82) is 0 Å². The van der Waals surface area contributed by atoms with Gasteiger partial charge in [-0.15, -0.1) is 5.10 Å². The highest BCUT2D eigenvalue weighted by atomic mass is 19.1. The van der Waals surface area contributed by atoms with E-state index in [9.17, 15) is 8.78 Å². The lowest BCUT2D eigenvalue weighted by atomic mass is 10.2. The van der Waals surface area contributed by atoms with Crippen molar-refractivity contribution in [2.75, 3.05) is 7.11 Å². The largest absolute Gasteiger partial charge is 0.495 e. The van der Waals surface area contributed by atoms with Gasteiger partial charge in [0.05, 0.1) is 19.9 Å². The van der Waals surface area contributed by atoms with Crippen LogP contribution < -0.4 is 0 Å². The minimum Gasteiger partial charge on any atom is -0.495 e. The zero-order valence-corrected chi connectivity index (χ0v) is 9.73. The summed E-state index contributed by atoms with van der Waals surface area (Å²) in [5.74, 6) is -0.857. The maximum absolute atomic E-state index is 13.0. The van der Waals surface area contributed by atoms with Crippen LogP contribution in [0.2, 0.25) is 0 Å². The van der Waals surface area contributed by atoms with Crippen molar-refractivity contribution in [1.82, 2.24) is 15.0 Å². The van der Waals surface area contributed by atoms with E-state index in [0.717, 1.165) is 6.07 Å². The lowest BCUT2D eigenvalue weighted by Gasteiger charge is -2.01. The molecule has 0 aliphatic rings. The van der Waals surface area contributed by atoms with Gasteiger partial charge in [-0.1, -0.05) is 11.8 Å². The molecule has 0 unspecified atom stereocenters. The van der Waals surface area contributed by atoms with Crippen molar-refractivity contribution in [3.63, 3.8) is 0 Å². The van der Waals surface area contributed by atoms with E-state index in [1.165, 1.54) is 23.9 Å². The Morgan fingerprint density at radius 2 is 2.00 bits per heavy atom. The normalized spacial score (nSPS) is 10.4. The molecule has 18 heavy (non-hydrogen) atoms. The van der Waals surface area contributed by atoms with Crippen molar-refractivity contribution < 1.29 is 13.5 Å². The van der Waals surface area contributed by atoms with Gasteiger partial charge < -0.3 is 4.74 Å². The average molecular weight is 251 g/mol. The molecule has 94 valence electrons. The summed E-state index contributed by atoms with van der Waals surface area (Å²) in [6.45, 7) is 3.85. The van der Waals surface area contributed by atoms with Crippen molar-refractivity contribution in [3.8, 4) is 0 Å². The Kier molecular flexibility index (Phi) is 3.36. The lowest BCUT2D eigenvalue weighted by molar-refractivity contribution is 0.369. The summed E-state index contributed by atoms with van der Waals surface area (Å²) in [5, 5.41) is 7.65. The van der Waals surface area contributed by atoms with E-state index in [1.54, 1.807) is 6.20 Å². The van der Waals surface area contributed by atoms with Gasteiger partial charge in [-0.25, -0.2) is 13.5 Å². The summed E-state index contributed by atoms with van der Waals surface area (Å²) < 4.78 is 32.4. The molecule has 0 amide bonds. The minimum atomic E-state index is -0.619. The first-order chi connectivity index (χ1) is 8.58. The number of hydrogen-bond acceptors (Lipinski definition) is 3. The molecule has 0 saturated carbocycles. The summed E-state index contributed by atoms with van der Waals surface area (Å²) in [5.41, 5.74) is 0.946. The predicted molar refractivity (Wildman–Crippen MR) is 61.5 cm³/mol. The van der Waals surface area contributed by atoms with Crippen molar-refractivity contribution in [2.45, 2.75) is 6.54 Å². The fourth-order valence-electron chi connectivity index (χ4n) is 1.50. The van der Waals surface area contributed by atoms with Crippen LogP contribution >= 0.6 is 0 Å². The van der Waals surface area contributed by atoms with Crippen molar-refractivity contribution >= 4 is 5.76 Å². The Balaban J connectivity index is 2.18. The summed E-state index contributed by atoms with van der Waals surface area (Å²) in [7, 11) is 1.48. The van der Waals surface area contributed by atoms with Gasteiger partial charge in [-0.05, 0) is 17.7 Å². The van der Waals surface area contributed by atoms with E-state index in [-0.39, 0.29) is 6.54 Å². The van der Waals surface area contributed by atoms with E-state index in [0.29, 0.717) is 17.0 Å². The molecule has 0 aliphatic heterocycles. The molecule has 0 atom stereocenters. The van der Waals surface area contributed by atoms with E-state index >= 15 is 0 Å². The van der Waals surface area contributed by atoms with E-state index in [1.807, 2.05) is 0 Å². The molecule has 2 rings (SSSR count). The molecule has 0 bridgehead atoms. The number of aromatic nitrogens is 3. The standard InChI is InChI=1S/C12H11F2N3O/c1-8(18-2)12-7-17(16-15-12)6-9-3-10(13)5-11(14)4-9/h3-5,7H,1,6H2,2H3. The Hall–Kier alpha value is -2.24. The number of methoxy groups -OCH3 is 1. The van der Waals surface area contributed by atoms with Crippen LogP contribution in [-0.4, -0.2) is 22.1 Å². The highest BCUT2D eigenvalue weighted by Gasteiger charge is 2.06. The minimum absolute atomic E-state index is 0.221. The molecular weight excluding hydrogens is 240 g/mol. The third-order valence-electron chi connectivity index (χ3n) is 2.34. The zero-order valence-electron chi connectivity index (χ0n) is 9.73. The predicted octanol–water partition coefficient (Wildman–Crippen LogP) is 2.22. The van der Waals surface area contributed by atoms with Gasteiger partial charge in [0.25, 0.3) is 0 Å². The van der Waals surface area contributed by atoms with Crippen LogP contribution in [0.5, 0.6) is 0 Å². The Labute approximate surface area is 102 Å². The fourth-order valence-corrected chi connectivity index (χ4v) is 1.50. The van der Waals surface area contributed by atoms with Crippen LogP contribution in [0.4, 0.5) is 8.78 Å². The molecule has 4 nitrogen and oxygen atoms in total. The first kappa shape index (κ1) is 12.2. The maximum Gasteiger partial charge on any atom is 0.147 e. The molecule has 1 aromatic heterocycles. The maximum atomic E-state index is 13.0. The average Bonchev–Trinajstić information content (AvgIpc) is 2.75. The zero-order chi connectivity index (χ0) is 13.1. The van der Waals surface area contributed by atoms with E-state index in [2.05, 4.69) is 16.9 Å². The molecule has 0 N–H and O–H groups in total. The van der Waals surface area contributed by atoms with E-state index < -0.39 is 11.6 Å². The second kappa shape index (κ2) is 4.95. The number of hydrogen-bond donors (Lipinski definition) is 0. The van der Waals surface area contributed by atoms with Gasteiger partial charge >= 0.3 is 0 Å². The number of nitrogens with zero attached hydrogens (tertiary/aromatic N) is 3. The molecule has 1 aromatic carbocycles. The first-order valence-corrected chi connectivity index (χ1v) is 5.17. The number of ether oxygens (including phenoxy) is 1. The highest BCUT2D eigenvalue weighted by molar-refractivity contribution is 5.51. The molecule has 0 saturated heterocycles. The van der Waals surface area contributed by atoms with Crippen LogP contribution in [-0.2, 0) is 11.3 Å². The topological polar surface area (TPSA) is 39.9 Å². The molecule has 0 radical (unpaired) electrons. The quantitative estimate of drug-likeness (QED) is 0.782. The lowest BCUT2D eigenvalue weighted by Crippen LogP contribution is -2.01. The van der Waals surface area contributed by atoms with Crippen LogP contribution in [0, 0.1) is 11.6 Å². The first-order valence-electron chi connectivity index (χ1n) is 5.17. The van der Waals surface area contributed by atoms with Gasteiger partial charge in [0, 0.05) is 6.07 Å². The van der Waals surface area contributed by atoms with Gasteiger partial charge in [0.1, 0.15) is 23.1 Å². The van der Waals surface area contributed by atoms with Crippen LogP contribution in [0.1, 0.15) is 11.3 Å². The van der Waals surface area contributed by atoms with Gasteiger partial charge in [0.2, 0.25) is 0 Å². The second-order valence-corrected chi connectivity index (χ2v) is 3.71. The second-order valence-electron chi connectivity index (χ2n) is 3.71. The summed E-state index contributed by atoms with van der Waals surface area (Å²) in [6.07, 6.45) is 1.59. The smallest absolute Gasteiger partial charge is 0.147 e. The van der Waals surface area contributed by atoms with Crippen LogP contribution in [0.3, 0.4) is 0 Å². The summed E-state index contributed by atoms with van der Waals surface area (Å²) in [4.78, 5) is 0. The fraction of sp³-hybridized carbons (Fsp3) is 0.167. The molecule has 6 heteroatoms. The Morgan fingerprint density at radius 3 is 2.61 bits per heavy atom. The van der Waals surface area contributed by atoms with Crippen molar-refractivity contribution in [2.24, 2.45) is 0 Å². The third kappa shape index (κ3) is 2.71.